The van der Waals surface area contributed by atoms with E-state index in [9.17, 15) is 26.7 Å². The summed E-state index contributed by atoms with van der Waals surface area (Å²) in [6, 6.07) is 8.20. The number of aromatic nitrogens is 2. The number of H-pyrrole nitrogens is 1. The number of nitrogens with zero attached hydrogens (tertiary/aromatic N) is 2. The number of carbonyl (C=O) groups excluding carboxylic acids is 2. The minimum absolute atomic E-state index is 0.00896. The SMILES string of the molecule is O=C1NCCc2[nH]c(-c3ccnc(/C=C/c4cc(F)c(N5CCOCC5)c(F)c4)c3)cc21.O=CC(F)(F)F. The van der Waals surface area contributed by atoms with Gasteiger partial charge in [-0.2, -0.15) is 13.2 Å². The Balaban J connectivity index is 0.000000505. The Morgan fingerprint density at radius 1 is 1.03 bits per heavy atom. The highest BCUT2D eigenvalue weighted by Crippen LogP contribution is 2.27. The van der Waals surface area contributed by atoms with Gasteiger partial charge in [-0.15, -0.1) is 0 Å². The van der Waals surface area contributed by atoms with E-state index in [1.807, 2.05) is 18.2 Å². The second kappa shape index (κ2) is 11.5. The smallest absolute Gasteiger partial charge is 0.378 e. The third-order valence-corrected chi connectivity index (χ3v) is 5.84. The molecule has 1 fully saturated rings. The van der Waals surface area contributed by atoms with Crippen molar-refractivity contribution in [2.75, 3.05) is 37.7 Å². The van der Waals surface area contributed by atoms with Gasteiger partial charge in [0, 0.05) is 49.2 Å². The molecule has 38 heavy (non-hydrogen) atoms. The molecule has 0 atom stereocenters. The molecule has 0 saturated carbocycles. The number of anilines is 1. The molecule has 2 aliphatic rings. The average Bonchev–Trinajstić information content (AvgIpc) is 3.34. The molecular weight excluding hydrogens is 511 g/mol. The molecule has 5 rings (SSSR count). The average molecular weight is 534 g/mol. The zero-order chi connectivity index (χ0) is 27.3. The van der Waals surface area contributed by atoms with Crippen LogP contribution in [0.2, 0.25) is 0 Å². The van der Waals surface area contributed by atoms with Crippen molar-refractivity contribution in [1.29, 1.82) is 0 Å². The zero-order valence-electron chi connectivity index (χ0n) is 19.9. The van der Waals surface area contributed by atoms with Gasteiger partial charge in [-0.25, -0.2) is 8.78 Å². The van der Waals surface area contributed by atoms with Crippen molar-refractivity contribution in [2.45, 2.75) is 12.6 Å². The first kappa shape index (κ1) is 27.0. The molecule has 1 aromatic carbocycles. The van der Waals surface area contributed by atoms with Gasteiger partial charge in [0.2, 0.25) is 6.29 Å². The highest BCUT2D eigenvalue weighted by Gasteiger charge is 2.25. The van der Waals surface area contributed by atoms with Crippen LogP contribution in [0.3, 0.4) is 0 Å². The highest BCUT2D eigenvalue weighted by atomic mass is 19.4. The van der Waals surface area contributed by atoms with E-state index in [0.29, 0.717) is 49.7 Å². The first-order valence-corrected chi connectivity index (χ1v) is 11.6. The quantitative estimate of drug-likeness (QED) is 0.383. The molecule has 2 N–H and O–H groups in total. The van der Waals surface area contributed by atoms with Gasteiger partial charge in [-0.3, -0.25) is 14.6 Å². The van der Waals surface area contributed by atoms with Gasteiger partial charge < -0.3 is 19.9 Å². The predicted molar refractivity (Wildman–Crippen MR) is 130 cm³/mol. The molecule has 12 heteroatoms. The van der Waals surface area contributed by atoms with Crippen LogP contribution in [0.1, 0.15) is 27.3 Å². The number of pyridine rings is 1. The summed E-state index contributed by atoms with van der Waals surface area (Å²) in [4.78, 5) is 30.0. The van der Waals surface area contributed by atoms with Crippen molar-refractivity contribution in [1.82, 2.24) is 15.3 Å². The Labute approximate surface area is 214 Å². The Kier molecular flexibility index (Phi) is 8.20. The van der Waals surface area contributed by atoms with Crippen LogP contribution in [-0.4, -0.2) is 61.2 Å². The van der Waals surface area contributed by atoms with E-state index in [1.165, 1.54) is 12.1 Å². The topological polar surface area (TPSA) is 87.3 Å². The maximum atomic E-state index is 14.6. The Morgan fingerprint density at radius 2 is 1.71 bits per heavy atom. The Bertz CT molecular complexity index is 1320. The van der Waals surface area contributed by atoms with Crippen LogP contribution in [0.5, 0.6) is 0 Å². The van der Waals surface area contributed by atoms with Crippen LogP contribution < -0.4 is 10.2 Å². The number of rotatable bonds is 4. The number of fused-ring (bicyclic) bond motifs is 1. The van der Waals surface area contributed by atoms with Crippen LogP contribution in [0, 0.1) is 11.6 Å². The van der Waals surface area contributed by atoms with E-state index in [1.54, 1.807) is 23.2 Å². The van der Waals surface area contributed by atoms with Gasteiger partial charge in [0.05, 0.1) is 24.5 Å². The van der Waals surface area contributed by atoms with Crippen molar-refractivity contribution < 1.29 is 36.3 Å². The Hall–Kier alpha value is -4.06. The van der Waals surface area contributed by atoms with Gasteiger partial charge >= 0.3 is 6.18 Å². The van der Waals surface area contributed by atoms with Gasteiger partial charge in [-0.05, 0) is 42.0 Å². The number of hydrogen-bond acceptors (Lipinski definition) is 5. The third-order valence-electron chi connectivity index (χ3n) is 5.84. The number of aldehydes is 1. The molecule has 4 heterocycles. The number of hydrogen-bond donors (Lipinski definition) is 2. The van der Waals surface area contributed by atoms with Gasteiger partial charge in [0.15, 0.2) is 0 Å². The number of halogens is 5. The number of amides is 1. The molecule has 0 spiro atoms. The minimum atomic E-state index is -4.64. The lowest BCUT2D eigenvalue weighted by Crippen LogP contribution is -2.37. The van der Waals surface area contributed by atoms with Crippen LogP contribution in [0.4, 0.5) is 27.6 Å². The summed E-state index contributed by atoms with van der Waals surface area (Å²) < 4.78 is 65.8. The van der Waals surface area contributed by atoms with Crippen molar-refractivity contribution in [3.05, 3.63) is 70.7 Å². The summed E-state index contributed by atoms with van der Waals surface area (Å²) >= 11 is 0. The van der Waals surface area contributed by atoms with Gasteiger partial charge in [-0.1, -0.05) is 6.08 Å². The first-order valence-electron chi connectivity index (χ1n) is 11.6. The van der Waals surface area contributed by atoms with Crippen LogP contribution in [0.25, 0.3) is 23.4 Å². The zero-order valence-corrected chi connectivity index (χ0v) is 19.9. The molecule has 1 amide bonds. The van der Waals surface area contributed by atoms with Crippen molar-refractivity contribution in [3.63, 3.8) is 0 Å². The van der Waals surface area contributed by atoms with E-state index in [-0.39, 0.29) is 11.6 Å². The number of morpholine rings is 1. The molecule has 0 unspecified atom stereocenters. The maximum Gasteiger partial charge on any atom is 0.446 e. The molecule has 200 valence electrons. The number of nitrogens with one attached hydrogen (secondary N) is 2. The predicted octanol–water partition coefficient (Wildman–Crippen LogP) is 4.40. The highest BCUT2D eigenvalue weighted by molar-refractivity contribution is 5.97. The van der Waals surface area contributed by atoms with Crippen molar-refractivity contribution in [2.24, 2.45) is 0 Å². The van der Waals surface area contributed by atoms with Gasteiger partial charge in [0.1, 0.15) is 17.3 Å². The molecular formula is C26H23F5N4O3. The van der Waals surface area contributed by atoms with E-state index in [4.69, 9.17) is 9.53 Å². The van der Waals surface area contributed by atoms with E-state index in [2.05, 4.69) is 15.3 Å². The summed E-state index contributed by atoms with van der Waals surface area (Å²) in [5.74, 6) is -1.26. The summed E-state index contributed by atoms with van der Waals surface area (Å²) in [7, 11) is 0. The fraction of sp³-hybridized carbons (Fsp3) is 0.269. The molecule has 3 aromatic rings. The lowest BCUT2D eigenvalue weighted by atomic mass is 10.1. The second-order valence-electron chi connectivity index (χ2n) is 8.48. The normalized spacial score (nSPS) is 15.5. The molecule has 2 aliphatic heterocycles. The third kappa shape index (κ3) is 6.62. The largest absolute Gasteiger partial charge is 0.446 e. The maximum absolute atomic E-state index is 14.6. The number of carbonyl (C=O) groups is 2. The van der Waals surface area contributed by atoms with Crippen LogP contribution in [-0.2, 0) is 16.0 Å². The molecule has 7 nitrogen and oxygen atoms in total. The van der Waals surface area contributed by atoms with Crippen molar-refractivity contribution >= 4 is 30.0 Å². The summed E-state index contributed by atoms with van der Waals surface area (Å²) in [6.07, 6.45) is 0.0668. The number of benzene rings is 1. The number of alkyl halides is 3. The van der Waals surface area contributed by atoms with Crippen molar-refractivity contribution in [3.8, 4) is 11.3 Å². The van der Waals surface area contributed by atoms with E-state index < -0.39 is 24.1 Å². The van der Waals surface area contributed by atoms with Crippen LogP contribution in [0.15, 0.2) is 36.5 Å². The summed E-state index contributed by atoms with van der Waals surface area (Å²) in [5, 5.41) is 2.83. The Morgan fingerprint density at radius 3 is 2.34 bits per heavy atom. The van der Waals surface area contributed by atoms with Gasteiger partial charge in [0.25, 0.3) is 5.91 Å². The standard InChI is InChI=1S/C24H22F2N4O2.C2HF3O/c25-19-11-15(12-20(26)23(19)30-7-9-32-10-8-30)1-2-17-13-16(3-5-27-17)22-14-18-21(29-22)4-6-28-24(18)31;3-2(4,5)1-6/h1-3,5,11-14,29H,4,6-10H2,(H,28,31);1H/b2-1+;. The number of aromatic amines is 1. The van der Waals surface area contributed by atoms with E-state index >= 15 is 0 Å². The molecule has 2 aromatic heterocycles. The lowest BCUT2D eigenvalue weighted by Gasteiger charge is -2.29. The minimum Gasteiger partial charge on any atom is -0.378 e. The first-order chi connectivity index (χ1) is 18.1. The fourth-order valence-corrected chi connectivity index (χ4v) is 4.11. The number of ether oxygens (including phenoxy) is 1. The fourth-order valence-electron chi connectivity index (χ4n) is 4.11. The second-order valence-corrected chi connectivity index (χ2v) is 8.48. The van der Waals surface area contributed by atoms with E-state index in [0.717, 1.165) is 23.4 Å². The molecule has 0 radical (unpaired) electrons. The molecule has 1 saturated heterocycles. The lowest BCUT2D eigenvalue weighted by molar-refractivity contribution is -0.156. The monoisotopic (exact) mass is 534 g/mol. The summed E-state index contributed by atoms with van der Waals surface area (Å²) in [5.41, 5.74) is 4.33. The molecule has 0 aliphatic carbocycles. The molecule has 0 bridgehead atoms. The van der Waals surface area contributed by atoms with Crippen LogP contribution >= 0.6 is 0 Å². The summed E-state index contributed by atoms with van der Waals surface area (Å²) in [6.45, 7) is 2.45.